The van der Waals surface area contributed by atoms with Crippen molar-refractivity contribution in [3.63, 3.8) is 0 Å². The van der Waals surface area contributed by atoms with Crippen LogP contribution in [0, 0.1) is 11.3 Å². The van der Waals surface area contributed by atoms with Crippen molar-refractivity contribution in [2.24, 2.45) is 0 Å². The zero-order valence-corrected chi connectivity index (χ0v) is 28.8. The second kappa shape index (κ2) is 12.9. The highest BCUT2D eigenvalue weighted by atomic mass is 15.0. The van der Waals surface area contributed by atoms with E-state index in [1.54, 1.807) is 0 Å². The summed E-state index contributed by atoms with van der Waals surface area (Å²) < 4.78 is 0. The summed E-state index contributed by atoms with van der Waals surface area (Å²) in [4.78, 5) is 24.5. The fraction of sp³-hybridized carbons (Fsp3) is 0. The molecule has 0 unspecified atom stereocenters. The molecule has 54 heavy (non-hydrogen) atoms. The van der Waals surface area contributed by atoms with E-state index < -0.39 is 0 Å². The van der Waals surface area contributed by atoms with Gasteiger partial charge in [0.1, 0.15) is 0 Å². The van der Waals surface area contributed by atoms with Crippen molar-refractivity contribution in [3.05, 3.63) is 176 Å². The van der Waals surface area contributed by atoms with Gasteiger partial charge in [-0.25, -0.2) is 19.9 Å². The number of nitrogens with zero attached hydrogens (tertiary/aromatic N) is 6. The smallest absolute Gasteiger partial charge is 0.164 e. The molecule has 0 aliphatic heterocycles. The largest absolute Gasteiger partial charge is 0.254 e. The van der Waals surface area contributed by atoms with Crippen molar-refractivity contribution in [1.29, 1.82) is 5.26 Å². The summed E-state index contributed by atoms with van der Waals surface area (Å²) in [6.07, 6.45) is 1.82. The highest BCUT2D eigenvalue weighted by Gasteiger charge is 2.17. The van der Waals surface area contributed by atoms with Gasteiger partial charge in [-0.1, -0.05) is 133 Å². The van der Waals surface area contributed by atoms with Crippen molar-refractivity contribution >= 4 is 43.5 Å². The topological polar surface area (TPSA) is 88.2 Å². The molecule has 0 atom stereocenters. The molecule has 0 aliphatic carbocycles. The molecule has 6 heteroatoms. The molecule has 6 nitrogen and oxygen atoms in total. The minimum Gasteiger partial charge on any atom is -0.254 e. The van der Waals surface area contributed by atoms with Gasteiger partial charge in [0, 0.05) is 39.0 Å². The van der Waals surface area contributed by atoms with Crippen LogP contribution in [-0.2, 0) is 0 Å². The number of pyridine rings is 2. The van der Waals surface area contributed by atoms with Crippen LogP contribution in [0.1, 0.15) is 5.56 Å². The van der Waals surface area contributed by atoms with Crippen molar-refractivity contribution in [2.75, 3.05) is 0 Å². The van der Waals surface area contributed by atoms with Crippen molar-refractivity contribution in [3.8, 4) is 62.5 Å². The zero-order valence-electron chi connectivity index (χ0n) is 28.8. The van der Waals surface area contributed by atoms with Crippen LogP contribution in [-0.4, -0.2) is 24.9 Å². The maximum atomic E-state index is 9.48. The van der Waals surface area contributed by atoms with Gasteiger partial charge in [-0.15, -0.1) is 0 Å². The number of benzene rings is 7. The SMILES string of the molecule is N#Cc1ccc2cc3cc(-c4ccc(-c5ccc(-c6nc(-c7ccccc7)nc(-c7ccccc7)n6)cc5)c5ccccc45)c4cccnc4c3nc2c1. The van der Waals surface area contributed by atoms with E-state index in [0.717, 1.165) is 82.4 Å². The molecule has 10 rings (SSSR count). The Balaban J connectivity index is 1.08. The molecule has 250 valence electrons. The van der Waals surface area contributed by atoms with E-state index in [1.807, 2.05) is 91.1 Å². The Hall–Kier alpha value is -7.62. The summed E-state index contributed by atoms with van der Waals surface area (Å²) in [5.74, 6) is 1.90. The molecular weight excluding hydrogens is 661 g/mol. The molecule has 0 fully saturated rings. The molecule has 0 amide bonds. The van der Waals surface area contributed by atoms with Crippen LogP contribution < -0.4 is 0 Å². The molecule has 0 N–H and O–H groups in total. The Morgan fingerprint density at radius 2 is 0.963 bits per heavy atom. The van der Waals surface area contributed by atoms with Gasteiger partial charge in [-0.05, 0) is 63.4 Å². The highest BCUT2D eigenvalue weighted by molar-refractivity contribution is 6.16. The van der Waals surface area contributed by atoms with E-state index in [1.165, 1.54) is 0 Å². The normalized spacial score (nSPS) is 11.3. The summed E-state index contributed by atoms with van der Waals surface area (Å²) in [5.41, 5.74) is 10.3. The number of aromatic nitrogens is 5. The lowest BCUT2D eigenvalue weighted by atomic mass is 9.89. The first-order valence-corrected chi connectivity index (χ1v) is 17.7. The number of hydrogen-bond donors (Lipinski definition) is 0. The van der Waals surface area contributed by atoms with E-state index in [2.05, 4.69) is 84.9 Å². The van der Waals surface area contributed by atoms with Crippen molar-refractivity contribution in [2.45, 2.75) is 0 Å². The summed E-state index contributed by atoms with van der Waals surface area (Å²) >= 11 is 0. The molecule has 3 aromatic heterocycles. The molecular formula is C48H28N6. The van der Waals surface area contributed by atoms with Crippen molar-refractivity contribution in [1.82, 2.24) is 24.9 Å². The Bertz CT molecular complexity index is 3040. The quantitative estimate of drug-likeness (QED) is 0.132. The van der Waals surface area contributed by atoms with E-state index >= 15 is 0 Å². The summed E-state index contributed by atoms with van der Waals surface area (Å²) in [6, 6.07) is 57.9. The zero-order chi connectivity index (χ0) is 36.0. The lowest BCUT2D eigenvalue weighted by Crippen LogP contribution is -2.00. The first-order valence-electron chi connectivity index (χ1n) is 17.7. The first kappa shape index (κ1) is 31.1. The van der Waals surface area contributed by atoms with Gasteiger partial charge in [0.05, 0.1) is 28.2 Å². The molecule has 0 saturated carbocycles. The van der Waals surface area contributed by atoms with Crippen LogP contribution in [0.4, 0.5) is 0 Å². The minimum atomic E-state index is 0.588. The van der Waals surface area contributed by atoms with Gasteiger partial charge >= 0.3 is 0 Å². The van der Waals surface area contributed by atoms with Crippen LogP contribution in [0.3, 0.4) is 0 Å². The maximum Gasteiger partial charge on any atom is 0.164 e. The summed E-state index contributed by atoms with van der Waals surface area (Å²) in [6.45, 7) is 0. The third-order valence-electron chi connectivity index (χ3n) is 9.97. The second-order valence-corrected chi connectivity index (χ2v) is 13.2. The van der Waals surface area contributed by atoms with Gasteiger partial charge in [0.15, 0.2) is 17.5 Å². The molecule has 0 bridgehead atoms. The Morgan fingerprint density at radius 1 is 0.389 bits per heavy atom. The van der Waals surface area contributed by atoms with Gasteiger partial charge in [0.25, 0.3) is 0 Å². The highest BCUT2D eigenvalue weighted by Crippen LogP contribution is 2.41. The molecule has 10 aromatic rings. The number of nitriles is 1. The lowest BCUT2D eigenvalue weighted by molar-refractivity contribution is 1.07. The van der Waals surface area contributed by atoms with E-state index in [-0.39, 0.29) is 0 Å². The second-order valence-electron chi connectivity index (χ2n) is 13.2. The molecule has 0 aliphatic rings. The predicted octanol–water partition coefficient (Wildman–Crippen LogP) is 11.5. The monoisotopic (exact) mass is 688 g/mol. The van der Waals surface area contributed by atoms with Crippen LogP contribution in [0.15, 0.2) is 170 Å². The third kappa shape index (κ3) is 5.40. The average Bonchev–Trinajstić information content (AvgIpc) is 3.25. The van der Waals surface area contributed by atoms with E-state index in [4.69, 9.17) is 24.9 Å². The predicted molar refractivity (Wildman–Crippen MR) is 217 cm³/mol. The number of fused-ring (bicyclic) bond motifs is 5. The van der Waals surface area contributed by atoms with Gasteiger partial charge in [-0.2, -0.15) is 5.26 Å². The number of rotatable bonds is 5. The molecule has 0 spiro atoms. The Morgan fingerprint density at radius 3 is 1.63 bits per heavy atom. The Kier molecular flexibility index (Phi) is 7.41. The lowest BCUT2D eigenvalue weighted by Gasteiger charge is -2.15. The standard InChI is InChI=1S/C48H28N6/c49-29-30-17-18-35-27-36-28-42(41-16-9-25-50-45(41)44(36)51-43(35)26-30)40-24-23-37(38-14-7-8-15-39(38)40)31-19-21-34(22-20-31)48-53-46(32-10-3-1-4-11-32)52-47(54-48)33-12-5-2-6-13-33/h1-28H. The maximum absolute atomic E-state index is 9.48. The van der Waals surface area contributed by atoms with E-state index in [0.29, 0.717) is 23.0 Å². The van der Waals surface area contributed by atoms with Crippen molar-refractivity contribution < 1.29 is 0 Å². The fourth-order valence-electron chi connectivity index (χ4n) is 7.34. The van der Waals surface area contributed by atoms with Crippen LogP contribution >= 0.6 is 0 Å². The third-order valence-corrected chi connectivity index (χ3v) is 9.97. The summed E-state index contributed by atoms with van der Waals surface area (Å²) in [5, 5.41) is 14.8. The van der Waals surface area contributed by atoms with Gasteiger partial charge in [0.2, 0.25) is 0 Å². The van der Waals surface area contributed by atoms with Crippen LogP contribution in [0.5, 0.6) is 0 Å². The number of hydrogen-bond acceptors (Lipinski definition) is 6. The molecule has 0 saturated heterocycles. The fourth-order valence-corrected chi connectivity index (χ4v) is 7.34. The van der Waals surface area contributed by atoms with Gasteiger partial charge < -0.3 is 0 Å². The molecule has 7 aromatic carbocycles. The first-order chi connectivity index (χ1) is 26.7. The van der Waals surface area contributed by atoms with Crippen LogP contribution in [0.25, 0.3) is 99.9 Å². The Labute approximate surface area is 310 Å². The average molecular weight is 689 g/mol. The molecule has 3 heterocycles. The minimum absolute atomic E-state index is 0.588. The van der Waals surface area contributed by atoms with Crippen LogP contribution in [0.2, 0.25) is 0 Å². The van der Waals surface area contributed by atoms with E-state index in [9.17, 15) is 5.26 Å². The van der Waals surface area contributed by atoms with Gasteiger partial charge in [-0.3, -0.25) is 4.98 Å². The summed E-state index contributed by atoms with van der Waals surface area (Å²) in [7, 11) is 0. The molecule has 0 radical (unpaired) electrons.